The Morgan fingerprint density at radius 3 is 2.17 bits per heavy atom. The molecule has 4 heteroatoms. The second kappa shape index (κ2) is 5.74. The quantitative estimate of drug-likeness (QED) is 0.851. The van der Waals surface area contributed by atoms with E-state index in [-0.39, 0.29) is 12.8 Å². The predicted molar refractivity (Wildman–Crippen MR) is 65.5 cm³/mol. The van der Waals surface area contributed by atoms with Crippen molar-refractivity contribution in [2.24, 2.45) is 0 Å². The maximum absolute atomic E-state index is 12.0. The summed E-state index contributed by atoms with van der Waals surface area (Å²) in [5, 5.41) is 9.95. The van der Waals surface area contributed by atoms with Gasteiger partial charge >= 0.3 is 6.18 Å². The maximum atomic E-state index is 12.0. The summed E-state index contributed by atoms with van der Waals surface area (Å²) in [5.74, 6) is 0. The first-order chi connectivity index (χ1) is 8.20. The lowest BCUT2D eigenvalue weighted by Crippen LogP contribution is -2.08. The normalized spacial score (nSPS) is 13.7. The summed E-state index contributed by atoms with van der Waals surface area (Å²) >= 11 is 0. The van der Waals surface area contributed by atoms with E-state index in [0.717, 1.165) is 22.3 Å². The van der Waals surface area contributed by atoms with Crippen molar-refractivity contribution in [1.29, 1.82) is 0 Å². The van der Waals surface area contributed by atoms with Crippen molar-refractivity contribution < 1.29 is 18.3 Å². The van der Waals surface area contributed by atoms with Gasteiger partial charge in [0.1, 0.15) is 0 Å². The zero-order valence-electron chi connectivity index (χ0n) is 10.9. The van der Waals surface area contributed by atoms with Gasteiger partial charge in [0, 0.05) is 6.42 Å². The Labute approximate surface area is 106 Å². The van der Waals surface area contributed by atoms with Crippen molar-refractivity contribution in [3.8, 4) is 0 Å². The van der Waals surface area contributed by atoms with E-state index in [2.05, 4.69) is 0 Å². The highest BCUT2D eigenvalue weighted by Crippen LogP contribution is 2.28. The Bertz CT molecular complexity index is 410. The smallest absolute Gasteiger partial charge is 0.388 e. The molecule has 0 saturated carbocycles. The molecular formula is C14H19F3O. The van der Waals surface area contributed by atoms with Crippen LogP contribution in [0, 0.1) is 20.8 Å². The fraction of sp³-hybridized carbons (Fsp3) is 0.571. The number of hydrogen-bond acceptors (Lipinski definition) is 1. The van der Waals surface area contributed by atoms with Crippen molar-refractivity contribution >= 4 is 0 Å². The van der Waals surface area contributed by atoms with Gasteiger partial charge in [-0.1, -0.05) is 12.1 Å². The molecule has 18 heavy (non-hydrogen) atoms. The SMILES string of the molecule is Cc1cc(C)c(C(O)CCCC(F)(F)F)cc1C. The molecule has 0 saturated heterocycles. The van der Waals surface area contributed by atoms with Crippen LogP contribution < -0.4 is 0 Å². The van der Waals surface area contributed by atoms with Crippen molar-refractivity contribution in [2.45, 2.75) is 52.3 Å². The van der Waals surface area contributed by atoms with Crippen LogP contribution in [0.5, 0.6) is 0 Å². The Kier molecular flexibility index (Phi) is 4.79. The number of aliphatic hydroxyl groups is 1. The standard InChI is InChI=1S/C14H19F3O/c1-9-7-11(3)12(8-10(9)2)13(18)5-4-6-14(15,16)17/h7-8,13,18H,4-6H2,1-3H3. The third-order valence-electron chi connectivity index (χ3n) is 3.18. The van der Waals surface area contributed by atoms with Crippen LogP contribution in [0.25, 0.3) is 0 Å². The molecule has 0 heterocycles. The summed E-state index contributed by atoms with van der Waals surface area (Å²) in [4.78, 5) is 0. The average Bonchev–Trinajstić information content (AvgIpc) is 2.21. The minimum atomic E-state index is -4.14. The van der Waals surface area contributed by atoms with E-state index in [1.165, 1.54) is 0 Å². The zero-order valence-corrected chi connectivity index (χ0v) is 10.9. The van der Waals surface area contributed by atoms with Gasteiger partial charge in [-0.3, -0.25) is 0 Å². The molecule has 102 valence electrons. The highest BCUT2D eigenvalue weighted by molar-refractivity contribution is 5.37. The molecule has 1 aromatic rings. The topological polar surface area (TPSA) is 20.2 Å². The van der Waals surface area contributed by atoms with Crippen molar-refractivity contribution in [3.63, 3.8) is 0 Å². The lowest BCUT2D eigenvalue weighted by atomic mass is 9.95. The summed E-state index contributed by atoms with van der Waals surface area (Å²) in [6.45, 7) is 5.78. The molecule has 0 aromatic heterocycles. The number of rotatable bonds is 4. The van der Waals surface area contributed by atoms with E-state index < -0.39 is 18.7 Å². The Morgan fingerprint density at radius 1 is 1.06 bits per heavy atom. The van der Waals surface area contributed by atoms with Crippen LogP contribution in [0.3, 0.4) is 0 Å². The molecule has 0 aliphatic carbocycles. The summed E-state index contributed by atoms with van der Waals surface area (Å²) in [6.07, 6.45) is -5.70. The highest BCUT2D eigenvalue weighted by atomic mass is 19.4. The van der Waals surface area contributed by atoms with Crippen molar-refractivity contribution in [3.05, 3.63) is 34.4 Å². The molecule has 1 aromatic carbocycles. The molecule has 1 N–H and O–H groups in total. The number of aliphatic hydroxyl groups excluding tert-OH is 1. The minimum Gasteiger partial charge on any atom is -0.388 e. The zero-order chi connectivity index (χ0) is 13.9. The maximum Gasteiger partial charge on any atom is 0.389 e. The van der Waals surface area contributed by atoms with E-state index >= 15 is 0 Å². The molecule has 1 rings (SSSR count). The van der Waals surface area contributed by atoms with Crippen molar-refractivity contribution in [1.82, 2.24) is 0 Å². The van der Waals surface area contributed by atoms with Crippen LogP contribution in [0.1, 0.15) is 47.6 Å². The fourth-order valence-electron chi connectivity index (χ4n) is 1.99. The van der Waals surface area contributed by atoms with Crippen LogP contribution in [-0.4, -0.2) is 11.3 Å². The van der Waals surface area contributed by atoms with Gasteiger partial charge < -0.3 is 5.11 Å². The monoisotopic (exact) mass is 260 g/mol. The fourth-order valence-corrected chi connectivity index (χ4v) is 1.99. The first kappa shape index (κ1) is 15.0. The van der Waals surface area contributed by atoms with Gasteiger partial charge in [-0.05, 0) is 55.9 Å². The third kappa shape index (κ3) is 4.33. The summed E-state index contributed by atoms with van der Waals surface area (Å²) < 4.78 is 36.1. The van der Waals surface area contributed by atoms with Gasteiger partial charge in [-0.25, -0.2) is 0 Å². The second-order valence-corrected chi connectivity index (χ2v) is 4.82. The summed E-state index contributed by atoms with van der Waals surface area (Å²) in [7, 11) is 0. The molecular weight excluding hydrogens is 241 g/mol. The largest absolute Gasteiger partial charge is 0.389 e. The first-order valence-electron chi connectivity index (χ1n) is 6.03. The van der Waals surface area contributed by atoms with Gasteiger partial charge in [-0.15, -0.1) is 0 Å². The molecule has 1 unspecified atom stereocenters. The molecule has 0 bridgehead atoms. The molecule has 0 spiro atoms. The van der Waals surface area contributed by atoms with Gasteiger partial charge in [0.15, 0.2) is 0 Å². The Morgan fingerprint density at radius 2 is 1.61 bits per heavy atom. The predicted octanol–water partition coefficient (Wildman–Crippen LogP) is 4.38. The first-order valence-corrected chi connectivity index (χ1v) is 6.03. The molecule has 0 fully saturated rings. The highest BCUT2D eigenvalue weighted by Gasteiger charge is 2.26. The van der Waals surface area contributed by atoms with Gasteiger partial charge in [0.2, 0.25) is 0 Å². The van der Waals surface area contributed by atoms with Gasteiger partial charge in [-0.2, -0.15) is 13.2 Å². The van der Waals surface area contributed by atoms with Crippen LogP contribution in [-0.2, 0) is 0 Å². The number of benzene rings is 1. The number of alkyl halides is 3. The van der Waals surface area contributed by atoms with Crippen LogP contribution >= 0.6 is 0 Å². The van der Waals surface area contributed by atoms with Gasteiger partial charge in [0.25, 0.3) is 0 Å². The molecule has 0 radical (unpaired) electrons. The van der Waals surface area contributed by atoms with E-state index in [1.54, 1.807) is 0 Å². The van der Waals surface area contributed by atoms with E-state index in [9.17, 15) is 18.3 Å². The molecule has 1 nitrogen and oxygen atoms in total. The number of halogens is 3. The average molecular weight is 260 g/mol. The molecule has 0 amide bonds. The summed E-state index contributed by atoms with van der Waals surface area (Å²) in [6, 6.07) is 3.82. The summed E-state index contributed by atoms with van der Waals surface area (Å²) in [5.41, 5.74) is 3.84. The second-order valence-electron chi connectivity index (χ2n) is 4.82. The van der Waals surface area contributed by atoms with Crippen LogP contribution in [0.15, 0.2) is 12.1 Å². The molecule has 0 aliphatic heterocycles. The lowest BCUT2D eigenvalue weighted by Gasteiger charge is -2.16. The van der Waals surface area contributed by atoms with E-state index in [4.69, 9.17) is 0 Å². The number of aryl methyl sites for hydroxylation is 3. The van der Waals surface area contributed by atoms with Crippen LogP contribution in [0.2, 0.25) is 0 Å². The number of hydrogen-bond donors (Lipinski definition) is 1. The Hall–Kier alpha value is -1.03. The van der Waals surface area contributed by atoms with E-state index in [1.807, 2.05) is 32.9 Å². The van der Waals surface area contributed by atoms with E-state index in [0.29, 0.717) is 0 Å². The van der Waals surface area contributed by atoms with Gasteiger partial charge in [0.05, 0.1) is 6.10 Å². The third-order valence-corrected chi connectivity index (χ3v) is 3.18. The lowest BCUT2D eigenvalue weighted by molar-refractivity contribution is -0.136. The molecule has 1 atom stereocenters. The van der Waals surface area contributed by atoms with Crippen LogP contribution in [0.4, 0.5) is 13.2 Å². The van der Waals surface area contributed by atoms with Crippen molar-refractivity contribution in [2.75, 3.05) is 0 Å². The molecule has 0 aliphatic rings. The Balaban J connectivity index is 2.67. The minimum absolute atomic E-state index is 0.0446.